The first-order valence-corrected chi connectivity index (χ1v) is 13.0. The van der Waals surface area contributed by atoms with Crippen LogP contribution in [-0.4, -0.2) is 46.6 Å². The Morgan fingerprint density at radius 3 is 2.33 bits per heavy atom. The van der Waals surface area contributed by atoms with Crippen molar-refractivity contribution in [2.24, 2.45) is 0 Å². The first kappa shape index (κ1) is 22.9. The van der Waals surface area contributed by atoms with E-state index in [0.717, 1.165) is 66.7 Å². The van der Waals surface area contributed by atoms with E-state index in [4.69, 9.17) is 21.6 Å². The van der Waals surface area contributed by atoms with Crippen LogP contribution in [0.15, 0.2) is 66.9 Å². The van der Waals surface area contributed by atoms with Crippen molar-refractivity contribution >= 4 is 45.9 Å². The second-order valence-electron chi connectivity index (χ2n) is 9.56. The van der Waals surface area contributed by atoms with Crippen molar-refractivity contribution in [1.29, 1.82) is 0 Å². The minimum Gasteiger partial charge on any atom is -0.368 e. The Kier molecular flexibility index (Phi) is 6.23. The summed E-state index contributed by atoms with van der Waals surface area (Å²) < 4.78 is 2.16. The molecule has 0 spiro atoms. The predicted octanol–water partition coefficient (Wildman–Crippen LogP) is 5.78. The molecule has 2 aromatic carbocycles. The summed E-state index contributed by atoms with van der Waals surface area (Å²) in [5, 5.41) is 4.71. The van der Waals surface area contributed by atoms with Gasteiger partial charge in [0.2, 0.25) is 5.95 Å². The van der Waals surface area contributed by atoms with Gasteiger partial charge in [-0.1, -0.05) is 42.6 Å². The molecule has 1 saturated heterocycles. The lowest BCUT2D eigenvalue weighted by molar-refractivity contribution is 0.101. The smallest absolute Gasteiger partial charge is 0.272 e. The number of piperazine rings is 1. The first-order chi connectivity index (χ1) is 17.7. The van der Waals surface area contributed by atoms with Crippen LogP contribution in [0.5, 0.6) is 0 Å². The highest BCUT2D eigenvalue weighted by molar-refractivity contribution is 6.30. The average molecular weight is 501 g/mol. The summed E-state index contributed by atoms with van der Waals surface area (Å²) in [6.07, 6.45) is 6.35. The van der Waals surface area contributed by atoms with Gasteiger partial charge in [-0.05, 0) is 55.3 Å². The largest absolute Gasteiger partial charge is 0.368 e. The lowest BCUT2D eigenvalue weighted by Gasteiger charge is -2.36. The zero-order chi connectivity index (χ0) is 24.5. The maximum Gasteiger partial charge on any atom is 0.272 e. The van der Waals surface area contributed by atoms with E-state index in [1.165, 1.54) is 18.5 Å². The summed E-state index contributed by atoms with van der Waals surface area (Å²) in [5.74, 6) is 0.620. The standard InChI is InChI=1S/C28H29ClN6O/c29-21-10-12-23(13-11-21)33-14-16-34(17-15-33)28-30-19-20-18-25(27(36)31-22-6-2-1-3-7-22)35(26(20)32-28)24-8-4-5-9-24/h1-3,6-7,10-13,18-19,24H,4-5,8-9,14-17H2,(H,31,36). The maximum absolute atomic E-state index is 13.3. The number of hydrogen-bond donors (Lipinski definition) is 1. The average Bonchev–Trinajstić information content (AvgIpc) is 3.57. The Balaban J connectivity index is 1.27. The molecule has 4 aromatic rings. The molecule has 184 valence electrons. The van der Waals surface area contributed by atoms with E-state index in [-0.39, 0.29) is 11.9 Å². The molecule has 8 heteroatoms. The van der Waals surface area contributed by atoms with Crippen LogP contribution < -0.4 is 15.1 Å². The van der Waals surface area contributed by atoms with E-state index < -0.39 is 0 Å². The zero-order valence-corrected chi connectivity index (χ0v) is 20.9. The normalized spacial score (nSPS) is 16.6. The molecule has 1 N–H and O–H groups in total. The van der Waals surface area contributed by atoms with E-state index in [1.54, 1.807) is 0 Å². The third-order valence-electron chi connectivity index (χ3n) is 7.27. The van der Waals surface area contributed by atoms with Crippen molar-refractivity contribution in [1.82, 2.24) is 14.5 Å². The Morgan fingerprint density at radius 1 is 0.917 bits per heavy atom. The van der Waals surface area contributed by atoms with Gasteiger partial charge in [-0.3, -0.25) is 4.79 Å². The van der Waals surface area contributed by atoms with Crippen molar-refractivity contribution in [3.63, 3.8) is 0 Å². The molecule has 1 amide bonds. The highest BCUT2D eigenvalue weighted by Crippen LogP contribution is 2.35. The van der Waals surface area contributed by atoms with Gasteiger partial charge in [0.1, 0.15) is 11.3 Å². The molecule has 1 aliphatic carbocycles. The molecule has 0 radical (unpaired) electrons. The van der Waals surface area contributed by atoms with Crippen molar-refractivity contribution < 1.29 is 4.79 Å². The van der Waals surface area contributed by atoms with Crippen molar-refractivity contribution in [3.8, 4) is 0 Å². The fraction of sp³-hybridized carbons (Fsp3) is 0.321. The number of halogens is 1. The number of carbonyl (C=O) groups excluding carboxylic acids is 1. The van der Waals surface area contributed by atoms with E-state index >= 15 is 0 Å². The summed E-state index contributed by atoms with van der Waals surface area (Å²) >= 11 is 6.05. The van der Waals surface area contributed by atoms with Crippen LogP contribution in [0.1, 0.15) is 42.2 Å². The number of nitrogens with one attached hydrogen (secondary N) is 1. The number of para-hydroxylation sites is 1. The molecule has 2 aromatic heterocycles. The van der Waals surface area contributed by atoms with Crippen LogP contribution in [0, 0.1) is 0 Å². The molecule has 2 aliphatic rings. The summed E-state index contributed by atoms with van der Waals surface area (Å²) in [4.78, 5) is 27.7. The van der Waals surface area contributed by atoms with Crippen molar-refractivity contribution in [2.75, 3.05) is 41.3 Å². The van der Waals surface area contributed by atoms with Crippen molar-refractivity contribution in [2.45, 2.75) is 31.7 Å². The number of nitrogens with zero attached hydrogens (tertiary/aromatic N) is 5. The molecule has 0 bridgehead atoms. The number of benzene rings is 2. The van der Waals surface area contributed by atoms with Crippen LogP contribution in [0.25, 0.3) is 11.0 Å². The zero-order valence-electron chi connectivity index (χ0n) is 20.1. The first-order valence-electron chi connectivity index (χ1n) is 12.7. The number of amides is 1. The maximum atomic E-state index is 13.3. The SMILES string of the molecule is O=C(Nc1ccccc1)c1cc2cnc(N3CCN(c4ccc(Cl)cc4)CC3)nc2n1C1CCCC1. The van der Waals surface area contributed by atoms with Gasteiger partial charge in [0.05, 0.1) is 0 Å². The summed E-state index contributed by atoms with van der Waals surface area (Å²) in [6.45, 7) is 3.44. The predicted molar refractivity (Wildman–Crippen MR) is 145 cm³/mol. The Labute approximate surface area is 215 Å². The molecular weight excluding hydrogens is 472 g/mol. The summed E-state index contributed by atoms with van der Waals surface area (Å²) in [6, 6.07) is 19.8. The number of aromatic nitrogens is 3. The Hall–Kier alpha value is -3.58. The molecule has 0 atom stereocenters. The van der Waals surface area contributed by atoms with Gasteiger partial charge in [0, 0.05) is 60.2 Å². The molecule has 2 fully saturated rings. The fourth-order valence-electron chi connectivity index (χ4n) is 5.39. The second kappa shape index (κ2) is 9.82. The molecule has 7 nitrogen and oxygen atoms in total. The number of fused-ring (bicyclic) bond motifs is 1. The molecular formula is C28H29ClN6O. The number of carbonyl (C=O) groups is 1. The van der Waals surface area contributed by atoms with Gasteiger partial charge in [-0.15, -0.1) is 0 Å². The van der Waals surface area contributed by atoms with Gasteiger partial charge in [0.15, 0.2) is 0 Å². The highest BCUT2D eigenvalue weighted by Gasteiger charge is 2.27. The van der Waals surface area contributed by atoms with Crippen LogP contribution in [0.4, 0.5) is 17.3 Å². The lowest BCUT2D eigenvalue weighted by Crippen LogP contribution is -2.47. The number of rotatable bonds is 5. The third-order valence-corrected chi connectivity index (χ3v) is 7.52. The summed E-state index contributed by atoms with van der Waals surface area (Å²) in [5.41, 5.74) is 3.47. The topological polar surface area (TPSA) is 66.3 Å². The quantitative estimate of drug-likeness (QED) is 0.376. The number of anilines is 3. The van der Waals surface area contributed by atoms with Gasteiger partial charge in [-0.2, -0.15) is 4.98 Å². The van der Waals surface area contributed by atoms with E-state index in [2.05, 4.69) is 31.8 Å². The van der Waals surface area contributed by atoms with Gasteiger partial charge < -0.3 is 19.7 Å². The minimum atomic E-state index is -0.107. The molecule has 1 aliphatic heterocycles. The van der Waals surface area contributed by atoms with Gasteiger partial charge in [-0.25, -0.2) is 4.98 Å². The highest BCUT2D eigenvalue weighted by atomic mass is 35.5. The molecule has 0 unspecified atom stereocenters. The molecule has 36 heavy (non-hydrogen) atoms. The Bertz CT molecular complexity index is 1360. The van der Waals surface area contributed by atoms with Crippen LogP contribution in [0.3, 0.4) is 0 Å². The van der Waals surface area contributed by atoms with Crippen LogP contribution in [0.2, 0.25) is 5.02 Å². The Morgan fingerprint density at radius 2 is 1.61 bits per heavy atom. The molecule has 3 heterocycles. The van der Waals surface area contributed by atoms with E-state index in [1.807, 2.05) is 54.7 Å². The van der Waals surface area contributed by atoms with Gasteiger partial charge in [0.25, 0.3) is 5.91 Å². The van der Waals surface area contributed by atoms with E-state index in [9.17, 15) is 4.79 Å². The third kappa shape index (κ3) is 4.51. The fourth-order valence-corrected chi connectivity index (χ4v) is 5.52. The number of hydrogen-bond acceptors (Lipinski definition) is 5. The molecule has 1 saturated carbocycles. The lowest BCUT2D eigenvalue weighted by atomic mass is 10.2. The van der Waals surface area contributed by atoms with Gasteiger partial charge >= 0.3 is 0 Å². The van der Waals surface area contributed by atoms with Crippen molar-refractivity contribution in [3.05, 3.63) is 77.6 Å². The minimum absolute atomic E-state index is 0.107. The monoisotopic (exact) mass is 500 g/mol. The van der Waals surface area contributed by atoms with E-state index in [0.29, 0.717) is 5.69 Å². The molecule has 6 rings (SSSR count). The van der Waals surface area contributed by atoms with Crippen LogP contribution in [-0.2, 0) is 0 Å². The summed E-state index contributed by atoms with van der Waals surface area (Å²) in [7, 11) is 0. The van der Waals surface area contributed by atoms with Crippen LogP contribution >= 0.6 is 11.6 Å². The second-order valence-corrected chi connectivity index (χ2v) is 9.99.